The van der Waals surface area contributed by atoms with Crippen LogP contribution in [0.5, 0.6) is 0 Å². The van der Waals surface area contributed by atoms with Crippen molar-refractivity contribution in [3.8, 4) is 0 Å². The molecule has 1 aromatic carbocycles. The lowest BCUT2D eigenvalue weighted by molar-refractivity contribution is -0.142. The van der Waals surface area contributed by atoms with Crippen molar-refractivity contribution in [3.05, 3.63) is 35.9 Å². The van der Waals surface area contributed by atoms with Crippen LogP contribution in [0.15, 0.2) is 30.3 Å². The molecule has 33 heavy (non-hydrogen) atoms. The van der Waals surface area contributed by atoms with Crippen LogP contribution in [-0.4, -0.2) is 43.8 Å². The molecule has 0 aliphatic carbocycles. The van der Waals surface area contributed by atoms with Crippen molar-refractivity contribution >= 4 is 19.9 Å². The summed E-state index contributed by atoms with van der Waals surface area (Å²) in [5.41, 5.74) is 0.0502. The maximum Gasteiger partial charge on any atom is 0.192 e. The molecule has 1 aromatic rings. The summed E-state index contributed by atoms with van der Waals surface area (Å²) in [7, 11) is -2.18. The third-order valence-electron chi connectivity index (χ3n) is 7.15. The summed E-state index contributed by atoms with van der Waals surface area (Å²) in [5.74, 6) is -0.698. The molecule has 0 aliphatic heterocycles. The summed E-state index contributed by atoms with van der Waals surface area (Å²) in [6.45, 7) is 20.7. The van der Waals surface area contributed by atoms with Gasteiger partial charge in [-0.25, -0.2) is 0 Å². The number of hydrogen-bond acceptors (Lipinski definition) is 5. The Hall–Kier alpha value is -1.34. The lowest BCUT2D eigenvalue weighted by Crippen LogP contribution is -2.52. The molecule has 0 spiro atoms. The molecule has 0 aromatic heterocycles. The van der Waals surface area contributed by atoms with Gasteiger partial charge in [0.05, 0.1) is 30.8 Å². The number of aliphatic hydroxyl groups is 1. The molecule has 1 unspecified atom stereocenters. The van der Waals surface area contributed by atoms with Crippen molar-refractivity contribution in [1.82, 2.24) is 0 Å². The molecule has 0 heterocycles. The molecule has 0 bridgehead atoms. The second kappa shape index (κ2) is 11.9. The van der Waals surface area contributed by atoms with Crippen molar-refractivity contribution in [1.29, 1.82) is 0 Å². The van der Waals surface area contributed by atoms with Crippen LogP contribution in [0.3, 0.4) is 0 Å². The fraction of sp³-hybridized carbons (Fsp3) is 0.704. The maximum atomic E-state index is 13.6. The Morgan fingerprint density at radius 1 is 1.03 bits per heavy atom. The lowest BCUT2D eigenvalue weighted by Gasteiger charge is -2.44. The van der Waals surface area contributed by atoms with E-state index in [2.05, 4.69) is 40.8 Å². The number of aliphatic hydroxyl groups excluding tert-OH is 1. The molecule has 1 rings (SSSR count). The van der Waals surface area contributed by atoms with Crippen LogP contribution in [0.25, 0.3) is 0 Å². The number of rotatable bonds is 13. The van der Waals surface area contributed by atoms with E-state index in [9.17, 15) is 14.7 Å². The van der Waals surface area contributed by atoms with E-state index in [1.807, 2.05) is 37.3 Å². The topological polar surface area (TPSA) is 72.8 Å². The first-order valence-electron chi connectivity index (χ1n) is 12.0. The van der Waals surface area contributed by atoms with Crippen LogP contribution < -0.4 is 0 Å². The molecule has 0 fully saturated rings. The summed E-state index contributed by atoms with van der Waals surface area (Å²) >= 11 is 0. The van der Waals surface area contributed by atoms with Gasteiger partial charge in [0.25, 0.3) is 0 Å². The van der Waals surface area contributed by atoms with Crippen LogP contribution in [0.2, 0.25) is 18.1 Å². The van der Waals surface area contributed by atoms with Crippen molar-refractivity contribution in [2.24, 2.45) is 17.3 Å². The Labute approximate surface area is 202 Å². The van der Waals surface area contributed by atoms with E-state index in [1.165, 1.54) is 6.92 Å². The fourth-order valence-corrected chi connectivity index (χ4v) is 5.16. The zero-order chi connectivity index (χ0) is 25.6. The van der Waals surface area contributed by atoms with Crippen LogP contribution >= 0.6 is 0 Å². The summed E-state index contributed by atoms with van der Waals surface area (Å²) in [6.07, 6.45) is -1.41. The molecule has 6 heteroatoms. The van der Waals surface area contributed by atoms with Gasteiger partial charge in [0.15, 0.2) is 8.32 Å². The number of carbonyl (C=O) groups excluding carboxylic acids is 2. The van der Waals surface area contributed by atoms with Crippen LogP contribution in [0, 0.1) is 17.3 Å². The summed E-state index contributed by atoms with van der Waals surface area (Å²) < 4.78 is 12.8. The first-order valence-corrected chi connectivity index (χ1v) is 14.9. The largest absolute Gasteiger partial charge is 0.413 e. The third-order valence-corrected chi connectivity index (χ3v) is 11.6. The molecule has 5 nitrogen and oxygen atoms in total. The molecule has 4 atom stereocenters. The van der Waals surface area contributed by atoms with Gasteiger partial charge in [0.2, 0.25) is 0 Å². The summed E-state index contributed by atoms with van der Waals surface area (Å²) in [4.78, 5) is 25.1. The van der Waals surface area contributed by atoms with Crippen LogP contribution in [-0.2, 0) is 25.4 Å². The first kappa shape index (κ1) is 29.7. The minimum absolute atomic E-state index is 0.0116. The summed E-state index contributed by atoms with van der Waals surface area (Å²) in [6, 6.07) is 10.0. The summed E-state index contributed by atoms with van der Waals surface area (Å²) in [5, 5.41) is 10.6. The van der Waals surface area contributed by atoms with Gasteiger partial charge in [0.1, 0.15) is 11.6 Å². The highest BCUT2D eigenvalue weighted by molar-refractivity contribution is 6.74. The second-order valence-corrected chi connectivity index (χ2v) is 16.4. The molecule has 0 saturated carbocycles. The monoisotopic (exact) mass is 478 g/mol. The second-order valence-electron chi connectivity index (χ2n) is 11.6. The van der Waals surface area contributed by atoms with Crippen LogP contribution in [0.4, 0.5) is 0 Å². The normalized spacial score (nSPS) is 16.7. The van der Waals surface area contributed by atoms with E-state index < -0.39 is 25.8 Å². The Morgan fingerprint density at radius 2 is 1.58 bits per heavy atom. The molecule has 0 saturated heterocycles. The molecule has 1 N–H and O–H groups in total. The van der Waals surface area contributed by atoms with Gasteiger partial charge in [-0.3, -0.25) is 9.59 Å². The van der Waals surface area contributed by atoms with E-state index in [0.717, 1.165) is 5.56 Å². The smallest absolute Gasteiger partial charge is 0.192 e. The Balaban J connectivity index is 3.09. The van der Waals surface area contributed by atoms with Gasteiger partial charge < -0.3 is 14.3 Å². The highest BCUT2D eigenvalue weighted by atomic mass is 28.4. The average Bonchev–Trinajstić information content (AvgIpc) is 2.70. The zero-order valence-electron chi connectivity index (χ0n) is 22.4. The molecule has 0 amide bonds. The maximum absolute atomic E-state index is 13.6. The molecule has 0 radical (unpaired) electrons. The van der Waals surface area contributed by atoms with Crippen molar-refractivity contribution in [2.45, 2.75) is 98.8 Å². The molecule has 0 aliphatic rings. The third kappa shape index (κ3) is 8.43. The van der Waals surface area contributed by atoms with E-state index in [-0.39, 0.29) is 35.0 Å². The highest BCUT2D eigenvalue weighted by Crippen LogP contribution is 2.40. The number of ether oxygens (including phenoxy) is 1. The van der Waals surface area contributed by atoms with E-state index in [1.54, 1.807) is 13.8 Å². The number of ketones is 2. The van der Waals surface area contributed by atoms with Gasteiger partial charge in [0, 0.05) is 18.3 Å². The SMILES string of the molecule is CC(=O)CC(O)C(C)(C)C(=O)[C@H](C)[C@@H](O[Si](C)(C)C(C)(C)C)[C@@H](C)COCc1ccccc1. The van der Waals surface area contributed by atoms with E-state index >= 15 is 0 Å². The van der Waals surface area contributed by atoms with Crippen molar-refractivity contribution in [2.75, 3.05) is 6.61 Å². The highest BCUT2D eigenvalue weighted by Gasteiger charge is 2.46. The molecular formula is C27H46O5Si. The van der Waals surface area contributed by atoms with E-state index in [0.29, 0.717) is 13.2 Å². The quantitative estimate of drug-likeness (QED) is 0.363. The number of hydrogen-bond donors (Lipinski definition) is 1. The van der Waals surface area contributed by atoms with Gasteiger partial charge in [-0.15, -0.1) is 0 Å². The van der Waals surface area contributed by atoms with E-state index in [4.69, 9.17) is 9.16 Å². The average molecular weight is 479 g/mol. The van der Waals surface area contributed by atoms with Crippen LogP contribution in [0.1, 0.15) is 67.4 Å². The fourth-order valence-electron chi connectivity index (χ4n) is 3.69. The van der Waals surface area contributed by atoms with Crippen molar-refractivity contribution < 1.29 is 23.9 Å². The molecular weight excluding hydrogens is 432 g/mol. The zero-order valence-corrected chi connectivity index (χ0v) is 23.4. The van der Waals surface area contributed by atoms with Gasteiger partial charge in [-0.05, 0) is 30.6 Å². The predicted octanol–water partition coefficient (Wildman–Crippen LogP) is 5.80. The lowest BCUT2D eigenvalue weighted by atomic mass is 9.73. The van der Waals surface area contributed by atoms with Gasteiger partial charge >= 0.3 is 0 Å². The first-order chi connectivity index (χ1) is 15.0. The van der Waals surface area contributed by atoms with Gasteiger partial charge in [-0.2, -0.15) is 0 Å². The number of benzene rings is 1. The number of Topliss-reactive ketones (excluding diaryl/α,β-unsaturated/α-hetero) is 2. The minimum atomic E-state index is -2.18. The molecule has 188 valence electrons. The predicted molar refractivity (Wildman–Crippen MR) is 137 cm³/mol. The Morgan fingerprint density at radius 3 is 2.06 bits per heavy atom. The Bertz CT molecular complexity index is 766. The van der Waals surface area contributed by atoms with Crippen molar-refractivity contribution in [3.63, 3.8) is 0 Å². The Kier molecular flexibility index (Phi) is 10.7. The number of carbonyl (C=O) groups is 2. The standard InChI is InChI=1S/C27H46O5Si/c1-19(17-31-18-22-14-12-11-13-15-22)24(32-33(9,10)26(4,5)6)21(3)25(30)27(7,8)23(29)16-20(2)28/h11-15,19,21,23-24,29H,16-18H2,1-10H3/t19-,21+,23?,24-/m0/s1. The minimum Gasteiger partial charge on any atom is -0.413 e. The van der Waals surface area contributed by atoms with Gasteiger partial charge in [-0.1, -0.05) is 78.8 Å².